The smallest absolute Gasteiger partial charge is 0.289 e. The molecule has 0 spiro atoms. The monoisotopic (exact) mass is 361 g/mol. The van der Waals surface area contributed by atoms with Gasteiger partial charge in [0.15, 0.2) is 0 Å². The standard InChI is InChI=1S/C19H24FN3O3/c1-13(2)17(23-6-8-25-9-7-23)12-21-19(24)18-11-16(22-26-18)14-4-3-5-15(20)10-14/h3-5,10-11,13,17H,6-9,12H2,1-2H3,(H,21,24). The molecule has 1 aliphatic heterocycles. The lowest BCUT2D eigenvalue weighted by Gasteiger charge is -2.36. The number of morpholine rings is 1. The lowest BCUT2D eigenvalue weighted by molar-refractivity contribution is 0.00664. The van der Waals surface area contributed by atoms with Gasteiger partial charge in [-0.1, -0.05) is 31.1 Å². The third kappa shape index (κ3) is 4.47. The maximum absolute atomic E-state index is 13.3. The topological polar surface area (TPSA) is 67.6 Å². The van der Waals surface area contributed by atoms with E-state index in [0.717, 1.165) is 26.3 Å². The molecule has 1 unspecified atom stereocenters. The van der Waals surface area contributed by atoms with E-state index in [1.165, 1.54) is 18.2 Å². The van der Waals surface area contributed by atoms with Crippen LogP contribution in [-0.2, 0) is 4.74 Å². The number of amides is 1. The Morgan fingerprint density at radius 1 is 1.31 bits per heavy atom. The van der Waals surface area contributed by atoms with E-state index in [1.54, 1.807) is 12.1 Å². The number of halogens is 1. The summed E-state index contributed by atoms with van der Waals surface area (Å²) >= 11 is 0. The second-order valence-corrected chi connectivity index (χ2v) is 6.76. The molecule has 6 nitrogen and oxygen atoms in total. The first kappa shape index (κ1) is 18.5. The van der Waals surface area contributed by atoms with Gasteiger partial charge < -0.3 is 14.6 Å². The molecular weight excluding hydrogens is 337 g/mol. The fourth-order valence-electron chi connectivity index (χ4n) is 3.15. The zero-order valence-corrected chi connectivity index (χ0v) is 15.1. The number of rotatable bonds is 6. The Bertz CT molecular complexity index is 741. The van der Waals surface area contributed by atoms with Crippen molar-refractivity contribution >= 4 is 5.91 Å². The fraction of sp³-hybridized carbons (Fsp3) is 0.474. The van der Waals surface area contributed by atoms with Crippen LogP contribution in [0.1, 0.15) is 24.4 Å². The van der Waals surface area contributed by atoms with Crippen molar-refractivity contribution in [3.8, 4) is 11.3 Å². The maximum Gasteiger partial charge on any atom is 0.289 e. The molecule has 1 aromatic heterocycles. The zero-order chi connectivity index (χ0) is 18.5. The highest BCUT2D eigenvalue weighted by molar-refractivity contribution is 5.92. The summed E-state index contributed by atoms with van der Waals surface area (Å²) in [5.41, 5.74) is 1.00. The number of benzene rings is 1. The third-order valence-electron chi connectivity index (χ3n) is 4.61. The first-order valence-electron chi connectivity index (χ1n) is 8.87. The van der Waals surface area contributed by atoms with Crippen molar-refractivity contribution in [3.63, 3.8) is 0 Å². The minimum Gasteiger partial charge on any atom is -0.379 e. The Morgan fingerprint density at radius 2 is 2.08 bits per heavy atom. The van der Waals surface area contributed by atoms with Crippen molar-refractivity contribution in [2.75, 3.05) is 32.8 Å². The lowest BCUT2D eigenvalue weighted by Crippen LogP contribution is -2.51. The van der Waals surface area contributed by atoms with Crippen molar-refractivity contribution in [1.29, 1.82) is 0 Å². The first-order valence-corrected chi connectivity index (χ1v) is 8.87. The van der Waals surface area contributed by atoms with Crippen LogP contribution in [0.4, 0.5) is 4.39 Å². The van der Waals surface area contributed by atoms with Crippen molar-refractivity contribution in [1.82, 2.24) is 15.4 Å². The van der Waals surface area contributed by atoms with Crippen LogP contribution >= 0.6 is 0 Å². The predicted octanol–water partition coefficient (Wildman–Crippen LogP) is 2.57. The van der Waals surface area contributed by atoms with Crippen LogP contribution in [0.5, 0.6) is 0 Å². The van der Waals surface area contributed by atoms with Crippen molar-refractivity contribution in [2.24, 2.45) is 5.92 Å². The normalized spacial score (nSPS) is 16.6. The Labute approximate surface area is 152 Å². The van der Waals surface area contributed by atoms with Crippen LogP contribution in [0.15, 0.2) is 34.9 Å². The summed E-state index contributed by atoms with van der Waals surface area (Å²) in [6, 6.07) is 7.78. The second-order valence-electron chi connectivity index (χ2n) is 6.76. The van der Waals surface area contributed by atoms with Crippen LogP contribution < -0.4 is 5.32 Å². The molecule has 1 aromatic carbocycles. The van der Waals surface area contributed by atoms with E-state index >= 15 is 0 Å². The summed E-state index contributed by atoms with van der Waals surface area (Å²) in [6.45, 7) is 7.97. The number of ether oxygens (including phenoxy) is 1. The van der Waals surface area contributed by atoms with Crippen LogP contribution in [0.25, 0.3) is 11.3 Å². The number of hydrogen-bond donors (Lipinski definition) is 1. The average molecular weight is 361 g/mol. The predicted molar refractivity (Wildman–Crippen MR) is 95.2 cm³/mol. The number of nitrogens with zero attached hydrogens (tertiary/aromatic N) is 2. The van der Waals surface area contributed by atoms with Crippen LogP contribution in [0, 0.1) is 11.7 Å². The number of hydrogen-bond acceptors (Lipinski definition) is 5. The van der Waals surface area contributed by atoms with Gasteiger partial charge in [-0.2, -0.15) is 0 Å². The van der Waals surface area contributed by atoms with Gasteiger partial charge in [0.05, 0.1) is 13.2 Å². The summed E-state index contributed by atoms with van der Waals surface area (Å²) < 4.78 is 23.9. The van der Waals surface area contributed by atoms with Crippen molar-refractivity contribution < 1.29 is 18.4 Å². The summed E-state index contributed by atoms with van der Waals surface area (Å²) in [7, 11) is 0. The maximum atomic E-state index is 13.3. The molecule has 1 amide bonds. The molecule has 2 heterocycles. The van der Waals surface area contributed by atoms with E-state index in [9.17, 15) is 9.18 Å². The van der Waals surface area contributed by atoms with Crippen LogP contribution in [-0.4, -0.2) is 54.9 Å². The number of nitrogens with one attached hydrogen (secondary N) is 1. The Kier molecular flexibility index (Phi) is 6.00. The molecule has 0 bridgehead atoms. The molecule has 1 N–H and O–H groups in total. The molecule has 7 heteroatoms. The van der Waals surface area contributed by atoms with Gasteiger partial charge in [-0.25, -0.2) is 4.39 Å². The van der Waals surface area contributed by atoms with Gasteiger partial charge in [-0.15, -0.1) is 0 Å². The van der Waals surface area contributed by atoms with Gasteiger partial charge in [0.25, 0.3) is 5.91 Å². The van der Waals surface area contributed by atoms with Gasteiger partial charge in [-0.05, 0) is 18.1 Å². The summed E-state index contributed by atoms with van der Waals surface area (Å²) in [5.74, 6) is -0.166. The molecule has 2 aromatic rings. The van der Waals surface area contributed by atoms with E-state index in [0.29, 0.717) is 23.7 Å². The summed E-state index contributed by atoms with van der Waals surface area (Å²) in [5, 5.41) is 6.80. The molecule has 0 radical (unpaired) electrons. The molecule has 26 heavy (non-hydrogen) atoms. The summed E-state index contributed by atoms with van der Waals surface area (Å²) in [6.07, 6.45) is 0. The van der Waals surface area contributed by atoms with Gasteiger partial charge in [0, 0.05) is 37.3 Å². The van der Waals surface area contributed by atoms with E-state index in [-0.39, 0.29) is 23.5 Å². The molecule has 1 saturated heterocycles. The average Bonchev–Trinajstić information content (AvgIpc) is 3.13. The van der Waals surface area contributed by atoms with Crippen molar-refractivity contribution in [3.05, 3.63) is 41.9 Å². The highest BCUT2D eigenvalue weighted by Crippen LogP contribution is 2.20. The number of carbonyl (C=O) groups excluding carboxylic acids is 1. The highest BCUT2D eigenvalue weighted by Gasteiger charge is 2.25. The zero-order valence-electron chi connectivity index (χ0n) is 15.1. The lowest BCUT2D eigenvalue weighted by atomic mass is 10.0. The number of carbonyl (C=O) groups is 1. The third-order valence-corrected chi connectivity index (χ3v) is 4.61. The molecule has 0 aliphatic carbocycles. The molecule has 1 fully saturated rings. The highest BCUT2D eigenvalue weighted by atomic mass is 19.1. The molecular formula is C19H24FN3O3. The molecule has 1 atom stereocenters. The van der Waals surface area contributed by atoms with Crippen LogP contribution in [0.2, 0.25) is 0 Å². The van der Waals surface area contributed by atoms with Gasteiger partial charge >= 0.3 is 0 Å². The molecule has 1 aliphatic rings. The Balaban J connectivity index is 1.62. The van der Waals surface area contributed by atoms with Crippen molar-refractivity contribution in [2.45, 2.75) is 19.9 Å². The minimum atomic E-state index is -0.359. The fourth-order valence-corrected chi connectivity index (χ4v) is 3.15. The summed E-state index contributed by atoms with van der Waals surface area (Å²) in [4.78, 5) is 14.7. The van der Waals surface area contributed by atoms with E-state index in [1.807, 2.05) is 0 Å². The number of aromatic nitrogens is 1. The first-order chi connectivity index (χ1) is 12.5. The molecule has 3 rings (SSSR count). The molecule has 0 saturated carbocycles. The van der Waals surface area contributed by atoms with E-state index < -0.39 is 0 Å². The van der Waals surface area contributed by atoms with E-state index in [2.05, 4.69) is 29.2 Å². The van der Waals surface area contributed by atoms with Gasteiger partial charge in [0.2, 0.25) is 5.76 Å². The Morgan fingerprint density at radius 3 is 2.77 bits per heavy atom. The minimum absolute atomic E-state index is 0.119. The molecule has 140 valence electrons. The SMILES string of the molecule is CC(C)C(CNC(=O)c1cc(-c2cccc(F)c2)no1)N1CCOCC1. The van der Waals surface area contributed by atoms with Gasteiger partial charge in [0.1, 0.15) is 11.5 Å². The Hall–Kier alpha value is -2.25. The second kappa shape index (κ2) is 8.42. The van der Waals surface area contributed by atoms with E-state index in [4.69, 9.17) is 9.26 Å². The largest absolute Gasteiger partial charge is 0.379 e. The van der Waals surface area contributed by atoms with Crippen LogP contribution in [0.3, 0.4) is 0 Å². The quantitative estimate of drug-likeness (QED) is 0.857. The van der Waals surface area contributed by atoms with Gasteiger partial charge in [-0.3, -0.25) is 9.69 Å².